The van der Waals surface area contributed by atoms with E-state index in [9.17, 15) is 9.59 Å². The largest absolute Gasteiger partial charge is 0.340 e. The van der Waals surface area contributed by atoms with Crippen LogP contribution in [0.4, 0.5) is 5.69 Å². The molecule has 0 radical (unpaired) electrons. The summed E-state index contributed by atoms with van der Waals surface area (Å²) in [6.07, 6.45) is 5.13. The van der Waals surface area contributed by atoms with Crippen LogP contribution in [0.5, 0.6) is 0 Å². The Morgan fingerprint density at radius 2 is 1.88 bits per heavy atom. The maximum Gasteiger partial charge on any atom is 0.242 e. The van der Waals surface area contributed by atoms with Crippen molar-refractivity contribution in [1.82, 2.24) is 9.80 Å². The van der Waals surface area contributed by atoms with Crippen LogP contribution in [0, 0.1) is 5.92 Å². The molecule has 0 unspecified atom stereocenters. The van der Waals surface area contributed by atoms with Crippen LogP contribution in [-0.2, 0) is 9.59 Å². The van der Waals surface area contributed by atoms with Crippen molar-refractivity contribution in [2.45, 2.75) is 45.1 Å². The van der Waals surface area contributed by atoms with Gasteiger partial charge in [-0.25, -0.2) is 0 Å². The lowest BCUT2D eigenvalue weighted by atomic mass is 9.95. The number of halogens is 1. The minimum atomic E-state index is -0.129. The average molecular weight is 378 g/mol. The molecule has 0 aromatic heterocycles. The predicted molar refractivity (Wildman–Crippen MR) is 104 cm³/mol. The Hall–Kier alpha value is -1.59. The topological polar surface area (TPSA) is 52.7 Å². The van der Waals surface area contributed by atoms with E-state index in [1.165, 1.54) is 12.8 Å². The van der Waals surface area contributed by atoms with Gasteiger partial charge in [0.15, 0.2) is 0 Å². The van der Waals surface area contributed by atoms with Gasteiger partial charge in [-0.3, -0.25) is 14.5 Å². The quantitative estimate of drug-likeness (QED) is 0.855. The third kappa shape index (κ3) is 4.57. The number of anilines is 1. The molecular weight excluding hydrogens is 350 g/mol. The van der Waals surface area contributed by atoms with Gasteiger partial charge < -0.3 is 10.2 Å². The second kappa shape index (κ2) is 8.87. The van der Waals surface area contributed by atoms with Gasteiger partial charge in [0.1, 0.15) is 0 Å². The van der Waals surface area contributed by atoms with E-state index < -0.39 is 0 Å². The molecule has 1 N–H and O–H groups in total. The van der Waals surface area contributed by atoms with Crippen molar-refractivity contribution in [1.29, 1.82) is 0 Å². The fourth-order valence-electron chi connectivity index (χ4n) is 4.21. The van der Waals surface area contributed by atoms with Gasteiger partial charge in [0.05, 0.1) is 6.04 Å². The molecule has 1 aromatic rings. The van der Waals surface area contributed by atoms with Crippen LogP contribution in [0.2, 0.25) is 5.02 Å². The van der Waals surface area contributed by atoms with Gasteiger partial charge in [0.25, 0.3) is 0 Å². The zero-order valence-electron chi connectivity index (χ0n) is 15.4. The third-order valence-corrected chi connectivity index (χ3v) is 5.81. The highest BCUT2D eigenvalue weighted by Gasteiger charge is 2.37. The fourth-order valence-corrected chi connectivity index (χ4v) is 4.40. The molecule has 2 aliphatic rings. The summed E-state index contributed by atoms with van der Waals surface area (Å²) in [4.78, 5) is 29.2. The van der Waals surface area contributed by atoms with Crippen molar-refractivity contribution in [3.63, 3.8) is 0 Å². The highest BCUT2D eigenvalue weighted by Crippen LogP contribution is 2.32. The molecule has 1 aromatic carbocycles. The van der Waals surface area contributed by atoms with E-state index >= 15 is 0 Å². The second-order valence-electron chi connectivity index (χ2n) is 7.26. The number of hydrogen-bond donors (Lipinski definition) is 1. The normalized spacial score (nSPS) is 20.2. The molecular formula is C20H28ClN3O2. The first-order valence-corrected chi connectivity index (χ1v) is 10.0. The smallest absolute Gasteiger partial charge is 0.242 e. The Morgan fingerprint density at radius 3 is 2.50 bits per heavy atom. The Kier molecular flexibility index (Phi) is 6.54. The number of carbonyl (C=O) groups excluding carboxylic acids is 2. The summed E-state index contributed by atoms with van der Waals surface area (Å²) in [5.41, 5.74) is 0.741. The SMILES string of the molecule is CCC(=O)N1CCN([C@@H](C(=O)Nc2cccc(Cl)c2)C2CCCC2)CC1. The fraction of sp³-hybridized carbons (Fsp3) is 0.600. The minimum absolute atomic E-state index is 0.0504. The number of nitrogens with one attached hydrogen (secondary N) is 1. The van der Waals surface area contributed by atoms with E-state index in [1.54, 1.807) is 12.1 Å². The van der Waals surface area contributed by atoms with Crippen LogP contribution in [0.1, 0.15) is 39.0 Å². The van der Waals surface area contributed by atoms with Gasteiger partial charge in [0, 0.05) is 43.3 Å². The molecule has 1 heterocycles. The summed E-state index contributed by atoms with van der Waals surface area (Å²) < 4.78 is 0. The number of carbonyl (C=O) groups is 2. The number of hydrogen-bond acceptors (Lipinski definition) is 3. The Bertz CT molecular complexity index is 638. The second-order valence-corrected chi connectivity index (χ2v) is 7.70. The molecule has 3 rings (SSSR count). The van der Waals surface area contributed by atoms with Crippen LogP contribution < -0.4 is 5.32 Å². The minimum Gasteiger partial charge on any atom is -0.340 e. The lowest BCUT2D eigenvalue weighted by molar-refractivity contribution is -0.134. The standard InChI is InChI=1S/C20H28ClN3O2/c1-2-18(25)23-10-12-24(13-11-23)19(15-6-3-4-7-15)20(26)22-17-9-5-8-16(21)14-17/h5,8-9,14-15,19H,2-4,6-7,10-13H2,1H3,(H,22,26)/t19-/m1/s1. The maximum atomic E-state index is 13.1. The predicted octanol–water partition coefficient (Wildman–Crippen LogP) is 3.39. The van der Waals surface area contributed by atoms with Gasteiger partial charge in [-0.05, 0) is 37.0 Å². The molecule has 1 atom stereocenters. The first-order valence-electron chi connectivity index (χ1n) is 9.66. The summed E-state index contributed by atoms with van der Waals surface area (Å²) in [5, 5.41) is 3.67. The van der Waals surface area contributed by atoms with E-state index in [0.717, 1.165) is 31.6 Å². The first kappa shape index (κ1) is 19.2. The lowest BCUT2D eigenvalue weighted by Crippen LogP contribution is -2.56. The van der Waals surface area contributed by atoms with Gasteiger partial charge >= 0.3 is 0 Å². The summed E-state index contributed by atoms with van der Waals surface area (Å²) in [5.74, 6) is 0.641. The third-order valence-electron chi connectivity index (χ3n) is 5.57. The summed E-state index contributed by atoms with van der Waals surface area (Å²) in [6, 6.07) is 7.17. The molecule has 0 spiro atoms. The number of nitrogens with zero attached hydrogens (tertiary/aromatic N) is 2. The lowest BCUT2D eigenvalue weighted by Gasteiger charge is -2.40. The average Bonchev–Trinajstić information content (AvgIpc) is 3.16. The van der Waals surface area contributed by atoms with Crippen molar-refractivity contribution in [3.05, 3.63) is 29.3 Å². The highest BCUT2D eigenvalue weighted by atomic mass is 35.5. The van der Waals surface area contributed by atoms with Crippen LogP contribution in [0.25, 0.3) is 0 Å². The summed E-state index contributed by atoms with van der Waals surface area (Å²) in [7, 11) is 0. The Balaban J connectivity index is 1.69. The van der Waals surface area contributed by atoms with Crippen molar-refractivity contribution in [2.24, 2.45) is 5.92 Å². The van der Waals surface area contributed by atoms with Gasteiger partial charge in [-0.2, -0.15) is 0 Å². The molecule has 26 heavy (non-hydrogen) atoms. The van der Waals surface area contributed by atoms with Crippen molar-refractivity contribution >= 4 is 29.1 Å². The Labute approximate surface area is 160 Å². The first-order chi connectivity index (χ1) is 12.6. The van der Waals surface area contributed by atoms with Crippen molar-refractivity contribution < 1.29 is 9.59 Å². The summed E-state index contributed by atoms with van der Waals surface area (Å²) in [6.45, 7) is 4.83. The number of piperazine rings is 1. The van der Waals surface area contributed by atoms with Crippen LogP contribution >= 0.6 is 11.6 Å². The molecule has 1 saturated heterocycles. The van der Waals surface area contributed by atoms with Gasteiger partial charge in [-0.1, -0.05) is 37.4 Å². The molecule has 2 fully saturated rings. The zero-order valence-corrected chi connectivity index (χ0v) is 16.2. The highest BCUT2D eigenvalue weighted by molar-refractivity contribution is 6.30. The monoisotopic (exact) mass is 377 g/mol. The number of benzene rings is 1. The number of amides is 2. The molecule has 1 aliphatic carbocycles. The molecule has 2 amide bonds. The van der Waals surface area contributed by atoms with Crippen molar-refractivity contribution in [3.8, 4) is 0 Å². The van der Waals surface area contributed by atoms with E-state index in [-0.39, 0.29) is 17.9 Å². The molecule has 1 aliphatic heterocycles. The van der Waals surface area contributed by atoms with Gasteiger partial charge in [-0.15, -0.1) is 0 Å². The van der Waals surface area contributed by atoms with E-state index in [2.05, 4.69) is 10.2 Å². The van der Waals surface area contributed by atoms with Crippen LogP contribution in [-0.4, -0.2) is 53.8 Å². The van der Waals surface area contributed by atoms with Gasteiger partial charge in [0.2, 0.25) is 11.8 Å². The zero-order chi connectivity index (χ0) is 18.5. The van der Waals surface area contributed by atoms with Crippen LogP contribution in [0.15, 0.2) is 24.3 Å². The van der Waals surface area contributed by atoms with E-state index in [4.69, 9.17) is 11.6 Å². The molecule has 0 bridgehead atoms. The molecule has 5 nitrogen and oxygen atoms in total. The van der Waals surface area contributed by atoms with E-state index in [1.807, 2.05) is 24.0 Å². The maximum absolute atomic E-state index is 13.1. The van der Waals surface area contributed by atoms with Crippen molar-refractivity contribution in [2.75, 3.05) is 31.5 Å². The molecule has 1 saturated carbocycles. The van der Waals surface area contributed by atoms with E-state index in [0.29, 0.717) is 30.5 Å². The van der Waals surface area contributed by atoms with Crippen LogP contribution in [0.3, 0.4) is 0 Å². The summed E-state index contributed by atoms with van der Waals surface area (Å²) >= 11 is 6.04. The molecule has 142 valence electrons. The number of rotatable bonds is 5. The Morgan fingerprint density at radius 1 is 1.19 bits per heavy atom. The molecule has 6 heteroatoms.